The van der Waals surface area contributed by atoms with Gasteiger partial charge < -0.3 is 4.98 Å². The van der Waals surface area contributed by atoms with Gasteiger partial charge in [-0.25, -0.2) is 10.9 Å². The number of aryl methyl sites for hydroxylation is 1. The lowest BCUT2D eigenvalue weighted by Crippen LogP contribution is -2.37. The Morgan fingerprint density at radius 2 is 1.86 bits per heavy atom. The first-order valence-corrected chi connectivity index (χ1v) is 6.93. The van der Waals surface area contributed by atoms with E-state index in [1.54, 1.807) is 0 Å². The molecule has 1 amide bonds. The third-order valence-electron chi connectivity index (χ3n) is 3.57. The summed E-state index contributed by atoms with van der Waals surface area (Å²) in [7, 11) is 0. The van der Waals surface area contributed by atoms with Crippen LogP contribution in [0.5, 0.6) is 0 Å². The van der Waals surface area contributed by atoms with Gasteiger partial charge in [-0.2, -0.15) is 0 Å². The summed E-state index contributed by atoms with van der Waals surface area (Å²) in [6.45, 7) is 0. The van der Waals surface area contributed by atoms with Gasteiger partial charge in [0.1, 0.15) is 0 Å². The number of H-pyrrole nitrogens is 1. The fraction of sp³-hybridized carbons (Fsp3) is 0.118. The summed E-state index contributed by atoms with van der Waals surface area (Å²) in [5.74, 6) is 5.91. The number of anilines is 1. The van der Waals surface area contributed by atoms with Gasteiger partial charge in [-0.15, -0.1) is 0 Å². The van der Waals surface area contributed by atoms with Gasteiger partial charge in [-0.3, -0.25) is 4.79 Å². The summed E-state index contributed by atoms with van der Waals surface area (Å²) in [6.07, 6.45) is 2.92. The first-order chi connectivity index (χ1) is 10.3. The first kappa shape index (κ1) is 13.4. The SMILES string of the molecule is NN(C(=O)CCc1ccccc1)c1cccc2[nH]ccc12. The summed E-state index contributed by atoms with van der Waals surface area (Å²) >= 11 is 0. The largest absolute Gasteiger partial charge is 0.361 e. The van der Waals surface area contributed by atoms with E-state index in [0.717, 1.165) is 22.2 Å². The quantitative estimate of drug-likeness (QED) is 0.438. The van der Waals surface area contributed by atoms with Crippen molar-refractivity contribution in [2.75, 3.05) is 5.01 Å². The molecule has 4 heteroatoms. The lowest BCUT2D eigenvalue weighted by molar-refractivity contribution is -0.118. The number of aromatic amines is 1. The Kier molecular flexibility index (Phi) is 3.71. The van der Waals surface area contributed by atoms with Gasteiger partial charge in [0.2, 0.25) is 5.91 Å². The van der Waals surface area contributed by atoms with Crippen molar-refractivity contribution in [3.63, 3.8) is 0 Å². The molecular formula is C17H17N3O. The number of nitrogens with zero attached hydrogens (tertiary/aromatic N) is 1. The zero-order chi connectivity index (χ0) is 14.7. The molecule has 0 aliphatic carbocycles. The summed E-state index contributed by atoms with van der Waals surface area (Å²) in [6, 6.07) is 17.6. The predicted octanol–water partition coefficient (Wildman–Crippen LogP) is 3.01. The molecule has 2 aromatic carbocycles. The second-order valence-corrected chi connectivity index (χ2v) is 4.97. The molecule has 0 atom stereocenters. The van der Waals surface area contributed by atoms with E-state index in [0.29, 0.717) is 12.8 Å². The van der Waals surface area contributed by atoms with Crippen LogP contribution >= 0.6 is 0 Å². The smallest absolute Gasteiger partial charge is 0.241 e. The number of carbonyl (C=O) groups excluding carboxylic acids is 1. The third-order valence-corrected chi connectivity index (χ3v) is 3.57. The molecule has 0 unspecified atom stereocenters. The van der Waals surface area contributed by atoms with Crippen LogP contribution in [0.1, 0.15) is 12.0 Å². The lowest BCUT2D eigenvalue weighted by atomic mass is 10.1. The number of fused-ring (bicyclic) bond motifs is 1. The number of aromatic nitrogens is 1. The number of hydrogen-bond acceptors (Lipinski definition) is 2. The third kappa shape index (κ3) is 2.80. The van der Waals surface area contributed by atoms with Gasteiger partial charge in [0.15, 0.2) is 0 Å². The highest BCUT2D eigenvalue weighted by Crippen LogP contribution is 2.24. The van der Waals surface area contributed by atoms with E-state index >= 15 is 0 Å². The Labute approximate surface area is 123 Å². The molecule has 0 saturated carbocycles. The van der Waals surface area contributed by atoms with Crippen LogP contribution in [0.3, 0.4) is 0 Å². The average Bonchev–Trinajstić information content (AvgIpc) is 3.01. The average molecular weight is 279 g/mol. The lowest BCUT2D eigenvalue weighted by Gasteiger charge is -2.17. The summed E-state index contributed by atoms with van der Waals surface area (Å²) in [5, 5.41) is 2.20. The standard InChI is InChI=1S/C17H17N3O/c18-20(16-8-4-7-15-14(16)11-12-19-15)17(21)10-9-13-5-2-1-3-6-13/h1-8,11-12,19H,9-10,18H2. The molecule has 3 N–H and O–H groups in total. The monoisotopic (exact) mass is 279 g/mol. The van der Waals surface area contributed by atoms with Gasteiger partial charge in [-0.1, -0.05) is 36.4 Å². The van der Waals surface area contributed by atoms with Gasteiger partial charge >= 0.3 is 0 Å². The fourth-order valence-corrected chi connectivity index (χ4v) is 2.43. The van der Waals surface area contributed by atoms with Crippen molar-refractivity contribution >= 4 is 22.5 Å². The number of nitrogens with one attached hydrogen (secondary N) is 1. The van der Waals surface area contributed by atoms with E-state index in [-0.39, 0.29) is 5.91 Å². The highest BCUT2D eigenvalue weighted by atomic mass is 16.2. The van der Waals surface area contributed by atoms with E-state index in [1.165, 1.54) is 5.01 Å². The maximum Gasteiger partial charge on any atom is 0.241 e. The number of hydrazine groups is 1. The van der Waals surface area contributed by atoms with Crippen LogP contribution in [0.2, 0.25) is 0 Å². The molecule has 3 aromatic rings. The number of amides is 1. The Morgan fingerprint density at radius 3 is 2.67 bits per heavy atom. The maximum atomic E-state index is 12.3. The number of rotatable bonds is 4. The number of nitrogens with two attached hydrogens (primary N) is 1. The molecule has 0 spiro atoms. The summed E-state index contributed by atoms with van der Waals surface area (Å²) in [4.78, 5) is 15.4. The van der Waals surface area contributed by atoms with E-state index in [9.17, 15) is 4.79 Å². The van der Waals surface area contributed by atoms with Crippen LogP contribution in [0.25, 0.3) is 10.9 Å². The Balaban J connectivity index is 1.74. The Hall–Kier alpha value is -2.59. The van der Waals surface area contributed by atoms with E-state index in [4.69, 9.17) is 5.84 Å². The number of hydrogen-bond donors (Lipinski definition) is 2. The minimum Gasteiger partial charge on any atom is -0.361 e. The molecule has 1 aromatic heterocycles. The Bertz CT molecular complexity index is 749. The molecule has 106 valence electrons. The van der Waals surface area contributed by atoms with Crippen LogP contribution in [-0.4, -0.2) is 10.9 Å². The van der Waals surface area contributed by atoms with Crippen LogP contribution in [0.15, 0.2) is 60.8 Å². The topological polar surface area (TPSA) is 62.1 Å². The van der Waals surface area contributed by atoms with Crippen molar-refractivity contribution in [2.45, 2.75) is 12.8 Å². The van der Waals surface area contributed by atoms with E-state index < -0.39 is 0 Å². The van der Waals surface area contributed by atoms with Gasteiger partial charge in [0.05, 0.1) is 5.69 Å². The molecule has 0 bridgehead atoms. The zero-order valence-electron chi connectivity index (χ0n) is 11.6. The van der Waals surface area contributed by atoms with Crippen molar-refractivity contribution in [1.29, 1.82) is 0 Å². The highest BCUT2D eigenvalue weighted by Gasteiger charge is 2.14. The van der Waals surface area contributed by atoms with Crippen LogP contribution < -0.4 is 10.9 Å². The number of benzene rings is 2. The molecule has 1 heterocycles. The second-order valence-electron chi connectivity index (χ2n) is 4.97. The molecule has 0 fully saturated rings. The molecule has 3 rings (SSSR count). The van der Waals surface area contributed by atoms with Gasteiger partial charge in [0, 0.05) is 23.5 Å². The second kappa shape index (κ2) is 5.81. The molecular weight excluding hydrogens is 262 g/mol. The van der Waals surface area contributed by atoms with E-state index in [2.05, 4.69) is 4.98 Å². The normalized spacial score (nSPS) is 10.7. The number of carbonyl (C=O) groups is 1. The van der Waals surface area contributed by atoms with Crippen molar-refractivity contribution in [1.82, 2.24) is 4.98 Å². The molecule has 21 heavy (non-hydrogen) atoms. The minimum atomic E-state index is -0.0902. The Morgan fingerprint density at radius 1 is 1.05 bits per heavy atom. The van der Waals surface area contributed by atoms with Crippen molar-refractivity contribution in [2.24, 2.45) is 5.84 Å². The molecule has 0 aliphatic heterocycles. The summed E-state index contributed by atoms with van der Waals surface area (Å²) < 4.78 is 0. The van der Waals surface area contributed by atoms with E-state index in [1.807, 2.05) is 60.8 Å². The fourth-order valence-electron chi connectivity index (χ4n) is 2.43. The maximum absolute atomic E-state index is 12.3. The van der Waals surface area contributed by atoms with Crippen LogP contribution in [-0.2, 0) is 11.2 Å². The summed E-state index contributed by atoms with van der Waals surface area (Å²) in [5.41, 5.74) is 2.84. The van der Waals surface area contributed by atoms with Gasteiger partial charge in [0.25, 0.3) is 0 Å². The highest BCUT2D eigenvalue weighted by molar-refractivity contribution is 6.02. The molecule has 0 saturated heterocycles. The molecule has 0 radical (unpaired) electrons. The predicted molar refractivity (Wildman–Crippen MR) is 84.7 cm³/mol. The van der Waals surface area contributed by atoms with Gasteiger partial charge in [-0.05, 0) is 30.2 Å². The van der Waals surface area contributed by atoms with Crippen LogP contribution in [0.4, 0.5) is 5.69 Å². The molecule has 4 nitrogen and oxygen atoms in total. The van der Waals surface area contributed by atoms with Crippen LogP contribution in [0, 0.1) is 0 Å². The van der Waals surface area contributed by atoms with Crippen molar-refractivity contribution < 1.29 is 4.79 Å². The van der Waals surface area contributed by atoms with Crippen molar-refractivity contribution in [3.8, 4) is 0 Å². The zero-order valence-corrected chi connectivity index (χ0v) is 11.6. The minimum absolute atomic E-state index is 0.0902. The first-order valence-electron chi connectivity index (χ1n) is 6.93. The molecule has 0 aliphatic rings. The van der Waals surface area contributed by atoms with Crippen molar-refractivity contribution in [3.05, 3.63) is 66.4 Å².